The van der Waals surface area contributed by atoms with E-state index in [0.717, 1.165) is 11.8 Å². The third-order valence-electron chi connectivity index (χ3n) is 2.86. The van der Waals surface area contributed by atoms with E-state index in [4.69, 9.17) is 0 Å². The van der Waals surface area contributed by atoms with Crippen molar-refractivity contribution in [3.8, 4) is 0 Å². The van der Waals surface area contributed by atoms with Crippen molar-refractivity contribution in [2.75, 3.05) is 0 Å². The molecule has 0 saturated heterocycles. The number of ketones is 1. The van der Waals surface area contributed by atoms with Gasteiger partial charge in [0, 0.05) is 18.5 Å². The lowest BCUT2D eigenvalue weighted by molar-refractivity contribution is 0.104. The van der Waals surface area contributed by atoms with Crippen LogP contribution in [0.4, 0.5) is 0 Å². The smallest absolute Gasteiger partial charge is 0.215 e. The molecule has 0 unspecified atom stereocenters. The van der Waals surface area contributed by atoms with E-state index >= 15 is 0 Å². The van der Waals surface area contributed by atoms with Gasteiger partial charge >= 0.3 is 0 Å². The number of aromatic amines is 1. The van der Waals surface area contributed by atoms with Gasteiger partial charge in [-0.15, -0.1) is 0 Å². The molecule has 2 N–H and O–H groups in total. The summed E-state index contributed by atoms with van der Waals surface area (Å²) in [4.78, 5) is 20.0. The highest BCUT2D eigenvalue weighted by Crippen LogP contribution is 2.07. The van der Waals surface area contributed by atoms with Gasteiger partial charge in [0.1, 0.15) is 12.0 Å². The number of aliphatic hydroxyl groups excluding tert-OH is 1. The molecule has 3 aromatic heterocycles. The van der Waals surface area contributed by atoms with Gasteiger partial charge in [0.25, 0.3) is 0 Å². The molecule has 0 fully saturated rings. The number of aromatic nitrogens is 6. The molecule has 0 bridgehead atoms. The second-order valence-electron chi connectivity index (χ2n) is 4.44. The van der Waals surface area contributed by atoms with Crippen LogP contribution in [0.1, 0.15) is 22.0 Å². The van der Waals surface area contributed by atoms with Crippen molar-refractivity contribution in [1.82, 2.24) is 29.9 Å². The number of H-pyrrole nitrogens is 1. The van der Waals surface area contributed by atoms with Crippen LogP contribution in [0.15, 0.2) is 49.1 Å². The van der Waals surface area contributed by atoms with E-state index in [9.17, 15) is 9.90 Å². The lowest BCUT2D eigenvalue weighted by Gasteiger charge is -1.99. The van der Waals surface area contributed by atoms with Crippen molar-refractivity contribution in [2.24, 2.45) is 0 Å². The summed E-state index contributed by atoms with van der Waals surface area (Å²) in [6.07, 6.45) is 5.73. The Morgan fingerprint density at radius 1 is 1.32 bits per heavy atom. The summed E-state index contributed by atoms with van der Waals surface area (Å²) in [6, 6.07) is 7.17. The van der Waals surface area contributed by atoms with Crippen molar-refractivity contribution in [1.29, 1.82) is 0 Å². The fraction of sp³-hybridized carbons (Fsp3) is 0.0714. The van der Waals surface area contributed by atoms with Crippen LogP contribution in [0.25, 0.3) is 5.76 Å². The molecule has 0 aliphatic rings. The summed E-state index contributed by atoms with van der Waals surface area (Å²) < 4.78 is 1.60. The third kappa shape index (κ3) is 3.06. The maximum atomic E-state index is 12.0. The first-order valence-electron chi connectivity index (χ1n) is 6.47. The SMILES string of the molecule is O=C(C=C(O)c1nc[nH]n1)c1ccn(Cc2ccccn2)n1. The van der Waals surface area contributed by atoms with E-state index in [-0.39, 0.29) is 17.3 Å². The molecule has 0 atom stereocenters. The van der Waals surface area contributed by atoms with E-state index in [2.05, 4.69) is 25.3 Å². The van der Waals surface area contributed by atoms with Crippen LogP contribution in [0.5, 0.6) is 0 Å². The fourth-order valence-electron chi connectivity index (χ4n) is 1.83. The van der Waals surface area contributed by atoms with Gasteiger partial charge in [-0.1, -0.05) is 6.07 Å². The third-order valence-corrected chi connectivity index (χ3v) is 2.86. The zero-order valence-electron chi connectivity index (χ0n) is 11.4. The van der Waals surface area contributed by atoms with Crippen molar-refractivity contribution in [3.05, 3.63) is 66.3 Å². The first-order valence-corrected chi connectivity index (χ1v) is 6.47. The number of nitrogens with zero attached hydrogens (tertiary/aromatic N) is 5. The average molecular weight is 296 g/mol. The molecule has 0 spiro atoms. The molecule has 8 nitrogen and oxygen atoms in total. The van der Waals surface area contributed by atoms with Crippen LogP contribution in [0.3, 0.4) is 0 Å². The number of hydrogen-bond donors (Lipinski definition) is 2. The Morgan fingerprint density at radius 2 is 2.23 bits per heavy atom. The van der Waals surface area contributed by atoms with E-state index in [0.29, 0.717) is 6.54 Å². The van der Waals surface area contributed by atoms with Crippen LogP contribution < -0.4 is 0 Å². The number of carbonyl (C=O) groups is 1. The van der Waals surface area contributed by atoms with Crippen molar-refractivity contribution in [2.45, 2.75) is 6.54 Å². The zero-order chi connectivity index (χ0) is 15.4. The Labute approximate surface area is 125 Å². The largest absolute Gasteiger partial charge is 0.504 e. The van der Waals surface area contributed by atoms with Crippen molar-refractivity contribution in [3.63, 3.8) is 0 Å². The molecular formula is C14H12N6O2. The molecule has 0 aliphatic heterocycles. The summed E-state index contributed by atoms with van der Waals surface area (Å²) in [7, 11) is 0. The highest BCUT2D eigenvalue weighted by Gasteiger charge is 2.11. The van der Waals surface area contributed by atoms with Gasteiger partial charge in [0.2, 0.25) is 11.6 Å². The summed E-state index contributed by atoms with van der Waals surface area (Å²) in [5, 5.41) is 20.0. The molecule has 8 heteroatoms. The highest BCUT2D eigenvalue weighted by molar-refractivity contribution is 6.06. The number of nitrogens with one attached hydrogen (secondary N) is 1. The minimum absolute atomic E-state index is 0.0567. The van der Waals surface area contributed by atoms with Crippen molar-refractivity contribution >= 4 is 11.5 Å². The monoisotopic (exact) mass is 296 g/mol. The topological polar surface area (TPSA) is 110 Å². The molecular weight excluding hydrogens is 284 g/mol. The normalized spacial score (nSPS) is 11.5. The fourth-order valence-corrected chi connectivity index (χ4v) is 1.83. The van der Waals surface area contributed by atoms with Crippen LogP contribution >= 0.6 is 0 Å². The summed E-state index contributed by atoms with van der Waals surface area (Å²) in [5.74, 6) is -0.686. The van der Waals surface area contributed by atoms with Crippen LogP contribution in [0.2, 0.25) is 0 Å². The maximum Gasteiger partial charge on any atom is 0.215 e. The molecule has 3 heterocycles. The summed E-state index contributed by atoms with van der Waals surface area (Å²) in [5.41, 5.74) is 1.06. The molecule has 110 valence electrons. The minimum Gasteiger partial charge on any atom is -0.504 e. The molecule has 3 aromatic rings. The number of allylic oxidation sites excluding steroid dienone is 1. The predicted molar refractivity (Wildman–Crippen MR) is 76.9 cm³/mol. The Hall–Kier alpha value is -3.29. The Balaban J connectivity index is 1.73. The van der Waals surface area contributed by atoms with Gasteiger partial charge in [-0.2, -0.15) is 10.2 Å². The summed E-state index contributed by atoms with van der Waals surface area (Å²) >= 11 is 0. The average Bonchev–Trinajstić information content (AvgIpc) is 3.19. The molecule has 0 amide bonds. The lowest BCUT2D eigenvalue weighted by atomic mass is 10.2. The molecule has 3 rings (SSSR count). The van der Waals surface area contributed by atoms with Gasteiger partial charge in [-0.3, -0.25) is 19.6 Å². The molecule has 0 aliphatic carbocycles. The maximum absolute atomic E-state index is 12.0. The Morgan fingerprint density at radius 3 is 2.95 bits per heavy atom. The number of carbonyl (C=O) groups excluding carboxylic acids is 1. The first kappa shape index (κ1) is 13.7. The number of rotatable bonds is 5. The van der Waals surface area contributed by atoms with E-state index in [1.54, 1.807) is 23.1 Å². The number of pyridine rings is 1. The molecule has 0 aromatic carbocycles. The minimum atomic E-state index is -0.429. The van der Waals surface area contributed by atoms with Crippen LogP contribution in [0, 0.1) is 0 Å². The standard InChI is InChI=1S/C14H12N6O2/c21-12(7-13(22)14-16-9-17-18-14)11-4-6-20(19-11)8-10-3-1-2-5-15-10/h1-7,9,22H,8H2,(H,16,17,18). The number of aliphatic hydroxyl groups is 1. The number of hydrogen-bond acceptors (Lipinski definition) is 6. The highest BCUT2D eigenvalue weighted by atomic mass is 16.3. The first-order chi connectivity index (χ1) is 10.7. The molecule has 22 heavy (non-hydrogen) atoms. The Kier molecular flexibility index (Phi) is 3.73. The quantitative estimate of drug-likeness (QED) is 0.416. The van der Waals surface area contributed by atoms with Gasteiger partial charge in [0.15, 0.2) is 5.76 Å². The summed E-state index contributed by atoms with van der Waals surface area (Å²) in [6.45, 7) is 0.463. The van der Waals surface area contributed by atoms with E-state index in [1.807, 2.05) is 18.2 Å². The van der Waals surface area contributed by atoms with Crippen LogP contribution in [-0.2, 0) is 6.54 Å². The Bertz CT molecular complexity index is 792. The van der Waals surface area contributed by atoms with Gasteiger partial charge in [0.05, 0.1) is 12.2 Å². The van der Waals surface area contributed by atoms with Crippen molar-refractivity contribution < 1.29 is 9.90 Å². The lowest BCUT2D eigenvalue weighted by Crippen LogP contribution is -2.05. The van der Waals surface area contributed by atoms with E-state index in [1.165, 1.54) is 6.33 Å². The van der Waals surface area contributed by atoms with Gasteiger partial charge < -0.3 is 5.11 Å². The second kappa shape index (κ2) is 6.00. The van der Waals surface area contributed by atoms with Gasteiger partial charge in [-0.05, 0) is 18.2 Å². The van der Waals surface area contributed by atoms with E-state index < -0.39 is 5.78 Å². The van der Waals surface area contributed by atoms with Crippen LogP contribution in [-0.4, -0.2) is 40.8 Å². The predicted octanol–water partition coefficient (Wildman–Crippen LogP) is 1.23. The van der Waals surface area contributed by atoms with Gasteiger partial charge in [-0.25, -0.2) is 4.98 Å². The second-order valence-corrected chi connectivity index (χ2v) is 4.44. The zero-order valence-corrected chi connectivity index (χ0v) is 11.4. The molecule has 0 saturated carbocycles. The molecule has 0 radical (unpaired) electrons.